The zero-order valence-electron chi connectivity index (χ0n) is 11.2. The Morgan fingerprint density at radius 2 is 2.24 bits per heavy atom. The molecule has 0 amide bonds. The quantitative estimate of drug-likeness (QED) is 0.874. The highest BCUT2D eigenvalue weighted by Crippen LogP contribution is 2.36. The molecule has 0 aromatic carbocycles. The smallest absolute Gasteiger partial charge is 0.105 e. The highest BCUT2D eigenvalue weighted by Gasteiger charge is 2.35. The number of rotatable bonds is 4. The summed E-state index contributed by atoms with van der Waals surface area (Å²) in [5.74, 6) is 2.58. The number of hydrogen-bond acceptors (Lipinski definition) is 3. The van der Waals surface area contributed by atoms with Crippen LogP contribution in [0, 0.1) is 19.8 Å². The van der Waals surface area contributed by atoms with Crippen molar-refractivity contribution < 1.29 is 9.15 Å². The predicted molar refractivity (Wildman–Crippen MR) is 68.1 cm³/mol. The van der Waals surface area contributed by atoms with Crippen LogP contribution in [-0.2, 0) is 4.74 Å². The largest absolute Gasteiger partial charge is 0.466 e. The standard InChI is InChI=1S/C14H23NO2/c1-5-13-11(6-7-16-13)14(15-4)12-8-9(2)17-10(12)3/h8,11,13-15H,5-7H2,1-4H3. The van der Waals surface area contributed by atoms with Gasteiger partial charge in [-0.3, -0.25) is 0 Å². The zero-order valence-corrected chi connectivity index (χ0v) is 11.2. The molecule has 3 unspecified atom stereocenters. The summed E-state index contributed by atoms with van der Waals surface area (Å²) in [5, 5.41) is 3.44. The lowest BCUT2D eigenvalue weighted by Gasteiger charge is -2.26. The Bertz CT molecular complexity index is 372. The Morgan fingerprint density at radius 1 is 1.47 bits per heavy atom. The lowest BCUT2D eigenvalue weighted by atomic mass is 9.87. The van der Waals surface area contributed by atoms with Crippen molar-refractivity contribution in [3.8, 4) is 0 Å². The van der Waals surface area contributed by atoms with E-state index in [0.29, 0.717) is 18.1 Å². The van der Waals surface area contributed by atoms with E-state index in [1.165, 1.54) is 5.56 Å². The molecule has 96 valence electrons. The first-order chi connectivity index (χ1) is 8.17. The Labute approximate surface area is 104 Å². The summed E-state index contributed by atoms with van der Waals surface area (Å²) in [4.78, 5) is 0. The number of furan rings is 1. The van der Waals surface area contributed by atoms with Crippen LogP contribution in [0.1, 0.15) is 42.9 Å². The molecule has 2 rings (SSSR count). The van der Waals surface area contributed by atoms with Gasteiger partial charge >= 0.3 is 0 Å². The summed E-state index contributed by atoms with van der Waals surface area (Å²) in [7, 11) is 2.03. The second-order valence-corrected chi connectivity index (χ2v) is 4.90. The van der Waals surface area contributed by atoms with E-state index in [1.807, 2.05) is 20.9 Å². The van der Waals surface area contributed by atoms with Crippen molar-refractivity contribution in [2.75, 3.05) is 13.7 Å². The molecule has 0 radical (unpaired) electrons. The molecule has 1 aliphatic rings. The Morgan fingerprint density at radius 3 is 2.76 bits per heavy atom. The molecular weight excluding hydrogens is 214 g/mol. The van der Waals surface area contributed by atoms with Gasteiger partial charge in [0.2, 0.25) is 0 Å². The Kier molecular flexibility index (Phi) is 3.89. The maximum atomic E-state index is 5.80. The fourth-order valence-electron chi connectivity index (χ4n) is 3.03. The molecule has 0 spiro atoms. The second-order valence-electron chi connectivity index (χ2n) is 4.90. The highest BCUT2D eigenvalue weighted by atomic mass is 16.5. The van der Waals surface area contributed by atoms with Crippen LogP contribution in [0.3, 0.4) is 0 Å². The Hall–Kier alpha value is -0.800. The topological polar surface area (TPSA) is 34.4 Å². The van der Waals surface area contributed by atoms with Crippen molar-refractivity contribution in [2.24, 2.45) is 5.92 Å². The van der Waals surface area contributed by atoms with Gasteiger partial charge in [-0.25, -0.2) is 0 Å². The monoisotopic (exact) mass is 237 g/mol. The molecule has 1 fully saturated rings. The lowest BCUT2D eigenvalue weighted by molar-refractivity contribution is 0.0781. The zero-order chi connectivity index (χ0) is 12.4. The summed E-state index contributed by atoms with van der Waals surface area (Å²) >= 11 is 0. The molecule has 0 bridgehead atoms. The van der Waals surface area contributed by atoms with Gasteiger partial charge in [0.25, 0.3) is 0 Å². The van der Waals surface area contributed by atoms with E-state index < -0.39 is 0 Å². The van der Waals surface area contributed by atoms with Crippen LogP contribution in [0.5, 0.6) is 0 Å². The van der Waals surface area contributed by atoms with Crippen LogP contribution in [-0.4, -0.2) is 19.8 Å². The predicted octanol–water partition coefficient (Wildman–Crippen LogP) is 2.97. The van der Waals surface area contributed by atoms with Crippen LogP contribution >= 0.6 is 0 Å². The van der Waals surface area contributed by atoms with E-state index in [2.05, 4.69) is 18.3 Å². The van der Waals surface area contributed by atoms with Gasteiger partial charge < -0.3 is 14.5 Å². The third kappa shape index (κ3) is 2.40. The first-order valence-corrected chi connectivity index (χ1v) is 6.53. The minimum atomic E-state index is 0.347. The van der Waals surface area contributed by atoms with Crippen LogP contribution in [0.15, 0.2) is 10.5 Å². The third-order valence-corrected chi connectivity index (χ3v) is 3.82. The van der Waals surface area contributed by atoms with Gasteiger partial charge in [0.05, 0.1) is 6.10 Å². The number of aryl methyl sites for hydroxylation is 2. The molecule has 1 aromatic heterocycles. The summed E-state index contributed by atoms with van der Waals surface area (Å²) in [6.45, 7) is 7.13. The molecule has 1 N–H and O–H groups in total. The van der Waals surface area contributed by atoms with Gasteiger partial charge in [0.15, 0.2) is 0 Å². The van der Waals surface area contributed by atoms with Crippen molar-refractivity contribution in [2.45, 2.75) is 45.8 Å². The number of nitrogens with one attached hydrogen (secondary N) is 1. The minimum absolute atomic E-state index is 0.347. The fourth-order valence-corrected chi connectivity index (χ4v) is 3.03. The molecule has 1 aromatic rings. The molecule has 1 saturated heterocycles. The van der Waals surface area contributed by atoms with Gasteiger partial charge in [-0.05, 0) is 39.8 Å². The normalized spacial score (nSPS) is 26.4. The molecular formula is C14H23NO2. The van der Waals surface area contributed by atoms with Crippen molar-refractivity contribution in [1.29, 1.82) is 0 Å². The van der Waals surface area contributed by atoms with Crippen molar-refractivity contribution in [3.63, 3.8) is 0 Å². The van der Waals surface area contributed by atoms with E-state index in [0.717, 1.165) is 31.0 Å². The molecule has 0 aliphatic carbocycles. The van der Waals surface area contributed by atoms with E-state index in [-0.39, 0.29) is 0 Å². The first-order valence-electron chi connectivity index (χ1n) is 6.53. The third-order valence-electron chi connectivity index (χ3n) is 3.82. The van der Waals surface area contributed by atoms with E-state index >= 15 is 0 Å². The van der Waals surface area contributed by atoms with Crippen LogP contribution < -0.4 is 5.32 Å². The fraction of sp³-hybridized carbons (Fsp3) is 0.714. The van der Waals surface area contributed by atoms with E-state index in [9.17, 15) is 0 Å². The van der Waals surface area contributed by atoms with Gasteiger partial charge in [-0.15, -0.1) is 0 Å². The van der Waals surface area contributed by atoms with Gasteiger partial charge in [-0.2, -0.15) is 0 Å². The van der Waals surface area contributed by atoms with E-state index in [1.54, 1.807) is 0 Å². The summed E-state index contributed by atoms with van der Waals surface area (Å²) < 4.78 is 11.4. The average molecular weight is 237 g/mol. The first kappa shape index (κ1) is 12.7. The average Bonchev–Trinajstić information content (AvgIpc) is 2.88. The molecule has 3 atom stereocenters. The molecule has 2 heterocycles. The summed E-state index contributed by atoms with van der Waals surface area (Å²) in [6, 6.07) is 2.50. The van der Waals surface area contributed by atoms with Crippen LogP contribution in [0.4, 0.5) is 0 Å². The summed E-state index contributed by atoms with van der Waals surface area (Å²) in [5.41, 5.74) is 1.29. The van der Waals surface area contributed by atoms with Gasteiger partial charge in [0, 0.05) is 24.1 Å². The SMILES string of the molecule is CCC1OCCC1C(NC)c1cc(C)oc1C. The highest BCUT2D eigenvalue weighted by molar-refractivity contribution is 5.25. The molecule has 17 heavy (non-hydrogen) atoms. The molecule has 1 aliphatic heterocycles. The van der Waals surface area contributed by atoms with Crippen molar-refractivity contribution in [3.05, 3.63) is 23.2 Å². The number of hydrogen-bond donors (Lipinski definition) is 1. The van der Waals surface area contributed by atoms with Gasteiger partial charge in [0.1, 0.15) is 11.5 Å². The van der Waals surface area contributed by atoms with E-state index in [4.69, 9.17) is 9.15 Å². The summed E-state index contributed by atoms with van der Waals surface area (Å²) in [6.07, 6.45) is 2.59. The van der Waals surface area contributed by atoms with Crippen LogP contribution in [0.25, 0.3) is 0 Å². The molecule has 3 nitrogen and oxygen atoms in total. The van der Waals surface area contributed by atoms with Crippen LogP contribution in [0.2, 0.25) is 0 Å². The lowest BCUT2D eigenvalue weighted by Crippen LogP contribution is -2.30. The molecule has 0 saturated carbocycles. The maximum Gasteiger partial charge on any atom is 0.105 e. The second kappa shape index (κ2) is 5.23. The van der Waals surface area contributed by atoms with Gasteiger partial charge in [-0.1, -0.05) is 6.92 Å². The maximum absolute atomic E-state index is 5.80. The van der Waals surface area contributed by atoms with Crippen molar-refractivity contribution >= 4 is 0 Å². The minimum Gasteiger partial charge on any atom is -0.466 e. The Balaban J connectivity index is 2.24. The molecule has 3 heteroatoms. The number of ether oxygens (including phenoxy) is 1. The van der Waals surface area contributed by atoms with Crippen molar-refractivity contribution in [1.82, 2.24) is 5.32 Å².